The highest BCUT2D eigenvalue weighted by Crippen LogP contribution is 2.21. The molecule has 0 heterocycles. The summed E-state index contributed by atoms with van der Waals surface area (Å²) in [4.78, 5) is 22.7. The Bertz CT molecular complexity index is 537. The standard InChI is InChI=1S/C17H25NO4/c1-12-6-5-7-14(13(12)2)22-11-8-15(19)18-10-9-17(3,4)16(20)21/h5-7H,8-11H2,1-4H3,(H,18,19)(H,20,21). The van der Waals surface area contributed by atoms with E-state index in [1.807, 2.05) is 32.0 Å². The molecule has 5 heteroatoms. The minimum absolute atomic E-state index is 0.133. The molecular formula is C17H25NO4. The van der Waals surface area contributed by atoms with Gasteiger partial charge in [0.25, 0.3) is 0 Å². The Balaban J connectivity index is 2.29. The van der Waals surface area contributed by atoms with E-state index < -0.39 is 11.4 Å². The molecule has 0 saturated carbocycles. The average Bonchev–Trinajstić information content (AvgIpc) is 2.43. The normalized spacial score (nSPS) is 11.1. The van der Waals surface area contributed by atoms with Crippen LogP contribution in [0.3, 0.4) is 0 Å². The Labute approximate surface area is 131 Å². The van der Waals surface area contributed by atoms with E-state index in [0.29, 0.717) is 19.6 Å². The molecule has 0 spiro atoms. The maximum Gasteiger partial charge on any atom is 0.309 e. The van der Waals surface area contributed by atoms with Crippen molar-refractivity contribution in [3.63, 3.8) is 0 Å². The summed E-state index contributed by atoms with van der Waals surface area (Å²) in [6.45, 7) is 7.94. The first-order valence-corrected chi connectivity index (χ1v) is 7.43. The average molecular weight is 307 g/mol. The van der Waals surface area contributed by atoms with Gasteiger partial charge in [-0.3, -0.25) is 9.59 Å². The van der Waals surface area contributed by atoms with Crippen LogP contribution in [0.1, 0.15) is 37.8 Å². The summed E-state index contributed by atoms with van der Waals surface area (Å²) in [7, 11) is 0. The topological polar surface area (TPSA) is 75.6 Å². The van der Waals surface area contributed by atoms with Gasteiger partial charge in [0.2, 0.25) is 5.91 Å². The first-order chi connectivity index (χ1) is 10.2. The lowest BCUT2D eigenvalue weighted by Crippen LogP contribution is -2.32. The molecule has 22 heavy (non-hydrogen) atoms. The van der Waals surface area contributed by atoms with Gasteiger partial charge in [-0.15, -0.1) is 0 Å². The zero-order valence-corrected chi connectivity index (χ0v) is 13.7. The number of rotatable bonds is 8. The number of aryl methyl sites for hydroxylation is 1. The number of carbonyl (C=O) groups excluding carboxylic acids is 1. The van der Waals surface area contributed by atoms with E-state index in [1.54, 1.807) is 13.8 Å². The number of aliphatic carboxylic acids is 1. The summed E-state index contributed by atoms with van der Waals surface area (Å²) < 4.78 is 5.62. The fourth-order valence-corrected chi connectivity index (χ4v) is 1.84. The third kappa shape index (κ3) is 5.39. The van der Waals surface area contributed by atoms with Crippen molar-refractivity contribution in [3.05, 3.63) is 29.3 Å². The number of amides is 1. The summed E-state index contributed by atoms with van der Waals surface area (Å²) in [6.07, 6.45) is 0.646. The Hall–Kier alpha value is -2.04. The van der Waals surface area contributed by atoms with Gasteiger partial charge in [0, 0.05) is 6.54 Å². The lowest BCUT2D eigenvalue weighted by Gasteiger charge is -2.18. The number of benzene rings is 1. The van der Waals surface area contributed by atoms with Crippen LogP contribution in [-0.2, 0) is 9.59 Å². The van der Waals surface area contributed by atoms with Gasteiger partial charge < -0.3 is 15.2 Å². The van der Waals surface area contributed by atoms with Crippen molar-refractivity contribution in [2.45, 2.75) is 40.5 Å². The SMILES string of the molecule is Cc1cccc(OCCC(=O)NCCC(C)(C)C(=O)O)c1C. The second-order valence-electron chi connectivity index (χ2n) is 6.09. The summed E-state index contributed by atoms with van der Waals surface area (Å²) in [5.74, 6) is -0.202. The van der Waals surface area contributed by atoms with Crippen LogP contribution >= 0.6 is 0 Å². The molecule has 1 rings (SSSR count). The van der Waals surface area contributed by atoms with Gasteiger partial charge in [-0.05, 0) is 51.3 Å². The van der Waals surface area contributed by atoms with Gasteiger partial charge in [0.05, 0.1) is 18.4 Å². The van der Waals surface area contributed by atoms with Crippen LogP contribution in [0.2, 0.25) is 0 Å². The lowest BCUT2D eigenvalue weighted by molar-refractivity contribution is -0.147. The molecule has 0 aliphatic heterocycles. The molecule has 0 saturated heterocycles. The molecule has 122 valence electrons. The summed E-state index contributed by atoms with van der Waals surface area (Å²) in [5, 5.41) is 11.7. The van der Waals surface area contributed by atoms with Crippen molar-refractivity contribution < 1.29 is 19.4 Å². The highest BCUT2D eigenvalue weighted by Gasteiger charge is 2.26. The van der Waals surface area contributed by atoms with Gasteiger partial charge in [-0.1, -0.05) is 12.1 Å². The van der Waals surface area contributed by atoms with Gasteiger partial charge in [-0.2, -0.15) is 0 Å². The largest absolute Gasteiger partial charge is 0.493 e. The number of carbonyl (C=O) groups is 2. The highest BCUT2D eigenvalue weighted by atomic mass is 16.5. The van der Waals surface area contributed by atoms with Gasteiger partial charge in [0.1, 0.15) is 5.75 Å². The Morgan fingerprint density at radius 1 is 1.27 bits per heavy atom. The smallest absolute Gasteiger partial charge is 0.309 e. The summed E-state index contributed by atoms with van der Waals surface area (Å²) in [6, 6.07) is 5.82. The fourth-order valence-electron chi connectivity index (χ4n) is 1.84. The zero-order valence-electron chi connectivity index (χ0n) is 13.7. The van der Waals surface area contributed by atoms with Crippen LogP contribution in [0, 0.1) is 19.3 Å². The molecule has 1 aromatic rings. The number of carboxylic acids is 1. The first kappa shape index (κ1) is 18.0. The minimum atomic E-state index is -0.861. The van der Waals surface area contributed by atoms with Crippen LogP contribution in [-0.4, -0.2) is 30.1 Å². The molecule has 0 radical (unpaired) electrons. The maximum atomic E-state index is 11.7. The molecule has 2 N–H and O–H groups in total. The molecule has 0 aromatic heterocycles. The summed E-state index contributed by atoms with van der Waals surface area (Å²) >= 11 is 0. The molecule has 1 amide bonds. The predicted octanol–water partition coefficient (Wildman–Crippen LogP) is 2.69. The lowest BCUT2D eigenvalue weighted by atomic mass is 9.90. The number of hydrogen-bond donors (Lipinski definition) is 2. The van der Waals surface area contributed by atoms with Crippen molar-refractivity contribution in [2.24, 2.45) is 5.41 Å². The van der Waals surface area contributed by atoms with Crippen LogP contribution in [0.15, 0.2) is 18.2 Å². The quantitative estimate of drug-likeness (QED) is 0.774. The second kappa shape index (κ2) is 7.82. The van der Waals surface area contributed by atoms with E-state index in [4.69, 9.17) is 9.84 Å². The van der Waals surface area contributed by atoms with Gasteiger partial charge in [0.15, 0.2) is 0 Å². The molecule has 0 atom stereocenters. The molecule has 0 bridgehead atoms. The van der Waals surface area contributed by atoms with Gasteiger partial charge >= 0.3 is 5.97 Å². The van der Waals surface area contributed by atoms with Gasteiger partial charge in [-0.25, -0.2) is 0 Å². The van der Waals surface area contributed by atoms with Crippen molar-refractivity contribution in [3.8, 4) is 5.75 Å². The van der Waals surface area contributed by atoms with Crippen molar-refractivity contribution in [1.82, 2.24) is 5.32 Å². The molecule has 0 unspecified atom stereocenters. The molecule has 1 aromatic carbocycles. The van der Waals surface area contributed by atoms with E-state index >= 15 is 0 Å². The van der Waals surface area contributed by atoms with E-state index in [2.05, 4.69) is 5.32 Å². The zero-order chi connectivity index (χ0) is 16.8. The van der Waals surface area contributed by atoms with E-state index in [1.165, 1.54) is 0 Å². The van der Waals surface area contributed by atoms with E-state index in [-0.39, 0.29) is 12.3 Å². The van der Waals surface area contributed by atoms with Crippen molar-refractivity contribution in [2.75, 3.05) is 13.2 Å². The van der Waals surface area contributed by atoms with Crippen LogP contribution < -0.4 is 10.1 Å². The Morgan fingerprint density at radius 2 is 1.95 bits per heavy atom. The molecule has 0 fully saturated rings. The van der Waals surface area contributed by atoms with Crippen LogP contribution in [0.5, 0.6) is 5.75 Å². The number of ether oxygens (including phenoxy) is 1. The molecule has 0 aliphatic carbocycles. The monoisotopic (exact) mass is 307 g/mol. The third-order valence-electron chi connectivity index (χ3n) is 3.79. The fraction of sp³-hybridized carbons (Fsp3) is 0.529. The van der Waals surface area contributed by atoms with E-state index in [9.17, 15) is 9.59 Å². The Kier molecular flexibility index (Phi) is 6.40. The molecular weight excluding hydrogens is 282 g/mol. The predicted molar refractivity (Wildman–Crippen MR) is 85.1 cm³/mol. The number of hydrogen-bond acceptors (Lipinski definition) is 3. The number of nitrogens with one attached hydrogen (secondary N) is 1. The second-order valence-corrected chi connectivity index (χ2v) is 6.09. The maximum absolute atomic E-state index is 11.7. The third-order valence-corrected chi connectivity index (χ3v) is 3.79. The minimum Gasteiger partial charge on any atom is -0.493 e. The van der Waals surface area contributed by atoms with Crippen molar-refractivity contribution in [1.29, 1.82) is 0 Å². The Morgan fingerprint density at radius 3 is 2.59 bits per heavy atom. The molecule has 5 nitrogen and oxygen atoms in total. The van der Waals surface area contributed by atoms with Crippen molar-refractivity contribution >= 4 is 11.9 Å². The summed E-state index contributed by atoms with van der Waals surface area (Å²) in [5.41, 5.74) is 1.40. The highest BCUT2D eigenvalue weighted by molar-refractivity contribution is 5.76. The van der Waals surface area contributed by atoms with Crippen LogP contribution in [0.4, 0.5) is 0 Å². The molecule has 0 aliphatic rings. The number of carboxylic acid groups (broad SMARTS) is 1. The first-order valence-electron chi connectivity index (χ1n) is 7.43. The van der Waals surface area contributed by atoms with E-state index in [0.717, 1.165) is 16.9 Å². The van der Waals surface area contributed by atoms with Crippen LogP contribution in [0.25, 0.3) is 0 Å².